The zero-order valence-electron chi connectivity index (χ0n) is 10.4. The van der Waals surface area contributed by atoms with Gasteiger partial charge in [0, 0.05) is 16.3 Å². The second-order valence-corrected chi connectivity index (χ2v) is 5.33. The molecule has 0 radical (unpaired) electrons. The van der Waals surface area contributed by atoms with Gasteiger partial charge < -0.3 is 11.1 Å². The topological polar surface area (TPSA) is 68.0 Å². The summed E-state index contributed by atoms with van der Waals surface area (Å²) in [6, 6.07) is 7.45. The minimum atomic E-state index is -0.108. The number of nitrogens with two attached hydrogens (primary N) is 1. The van der Waals surface area contributed by atoms with Gasteiger partial charge in [0.1, 0.15) is 0 Å². The summed E-state index contributed by atoms with van der Waals surface area (Å²) in [6.07, 6.45) is 0. The van der Waals surface area contributed by atoms with E-state index >= 15 is 0 Å². The average molecular weight is 261 g/mol. The molecule has 0 aliphatic heterocycles. The lowest BCUT2D eigenvalue weighted by molar-refractivity contribution is 0.0954. The molecule has 0 unspecified atom stereocenters. The minimum absolute atomic E-state index is 0.108. The van der Waals surface area contributed by atoms with E-state index in [1.807, 2.05) is 32.0 Å². The molecule has 0 saturated carbocycles. The molecule has 3 N–H and O–H groups in total. The van der Waals surface area contributed by atoms with E-state index in [4.69, 9.17) is 5.73 Å². The van der Waals surface area contributed by atoms with Crippen LogP contribution < -0.4 is 11.1 Å². The number of pyridine rings is 1. The van der Waals surface area contributed by atoms with Crippen molar-refractivity contribution in [1.82, 2.24) is 10.3 Å². The summed E-state index contributed by atoms with van der Waals surface area (Å²) in [5.74, 6) is -0.108. The van der Waals surface area contributed by atoms with Gasteiger partial charge in [-0.05, 0) is 32.0 Å². The smallest absolute Gasteiger partial charge is 0.261 e. The second-order valence-electron chi connectivity index (χ2n) is 4.08. The number of amides is 1. The molecule has 2 rings (SSSR count). The molecule has 4 nitrogen and oxygen atoms in total. The number of aromatic nitrogens is 1. The van der Waals surface area contributed by atoms with Gasteiger partial charge >= 0.3 is 0 Å². The third kappa shape index (κ3) is 2.87. The Bertz CT molecular complexity index is 558. The Labute approximate surface area is 110 Å². The molecule has 2 aromatic heterocycles. The first kappa shape index (κ1) is 12.6. The van der Waals surface area contributed by atoms with Crippen molar-refractivity contribution in [2.45, 2.75) is 20.4 Å². The number of nitrogens with one attached hydrogen (secondary N) is 1. The number of aryl methyl sites for hydroxylation is 2. The Morgan fingerprint density at radius 1 is 1.44 bits per heavy atom. The van der Waals surface area contributed by atoms with Crippen LogP contribution in [0.15, 0.2) is 24.3 Å². The van der Waals surface area contributed by atoms with E-state index in [0.29, 0.717) is 17.1 Å². The number of carbonyl (C=O) groups is 1. The normalized spacial score (nSPS) is 10.3. The SMILES string of the molecule is Cc1cccc(CNC(=O)c2cc(N)c(C)s2)n1. The molecule has 0 aliphatic carbocycles. The molecule has 0 bridgehead atoms. The number of hydrogen-bond acceptors (Lipinski definition) is 4. The van der Waals surface area contributed by atoms with Gasteiger partial charge in [-0.2, -0.15) is 0 Å². The van der Waals surface area contributed by atoms with Crippen molar-refractivity contribution in [1.29, 1.82) is 0 Å². The highest BCUT2D eigenvalue weighted by atomic mass is 32.1. The highest BCUT2D eigenvalue weighted by Crippen LogP contribution is 2.23. The average Bonchev–Trinajstić information content (AvgIpc) is 2.67. The summed E-state index contributed by atoms with van der Waals surface area (Å²) in [5.41, 5.74) is 8.18. The summed E-state index contributed by atoms with van der Waals surface area (Å²) in [7, 11) is 0. The van der Waals surface area contributed by atoms with Crippen molar-refractivity contribution < 1.29 is 4.79 Å². The molecule has 5 heteroatoms. The predicted molar refractivity (Wildman–Crippen MR) is 73.6 cm³/mol. The van der Waals surface area contributed by atoms with Crippen LogP contribution in [0.1, 0.15) is 25.9 Å². The van der Waals surface area contributed by atoms with Crippen LogP contribution in [0.3, 0.4) is 0 Å². The van der Waals surface area contributed by atoms with Crippen LogP contribution in [0.5, 0.6) is 0 Å². The fourth-order valence-electron chi connectivity index (χ4n) is 1.56. The maximum absolute atomic E-state index is 11.9. The Morgan fingerprint density at radius 2 is 2.22 bits per heavy atom. The summed E-state index contributed by atoms with van der Waals surface area (Å²) in [4.78, 5) is 17.8. The van der Waals surface area contributed by atoms with Gasteiger partial charge in [-0.1, -0.05) is 6.07 Å². The molecular formula is C13H15N3OS. The molecular weight excluding hydrogens is 246 g/mol. The van der Waals surface area contributed by atoms with E-state index in [1.54, 1.807) is 6.07 Å². The van der Waals surface area contributed by atoms with Gasteiger partial charge in [-0.15, -0.1) is 11.3 Å². The fourth-order valence-corrected chi connectivity index (χ4v) is 2.42. The molecule has 2 heterocycles. The van der Waals surface area contributed by atoms with Crippen LogP contribution in [-0.2, 0) is 6.54 Å². The molecule has 0 aliphatic rings. The van der Waals surface area contributed by atoms with Crippen molar-refractivity contribution in [3.8, 4) is 0 Å². The van der Waals surface area contributed by atoms with E-state index in [2.05, 4.69) is 10.3 Å². The molecule has 94 valence electrons. The van der Waals surface area contributed by atoms with Crippen LogP contribution >= 0.6 is 11.3 Å². The first-order chi connectivity index (χ1) is 8.56. The molecule has 18 heavy (non-hydrogen) atoms. The van der Waals surface area contributed by atoms with E-state index in [1.165, 1.54) is 11.3 Å². The van der Waals surface area contributed by atoms with Crippen molar-refractivity contribution >= 4 is 22.9 Å². The second kappa shape index (κ2) is 5.18. The number of rotatable bonds is 3. The molecule has 0 fully saturated rings. The van der Waals surface area contributed by atoms with Crippen LogP contribution in [0.2, 0.25) is 0 Å². The van der Waals surface area contributed by atoms with Gasteiger partial charge in [0.2, 0.25) is 0 Å². The van der Waals surface area contributed by atoms with E-state index in [0.717, 1.165) is 16.3 Å². The van der Waals surface area contributed by atoms with Gasteiger partial charge in [-0.3, -0.25) is 9.78 Å². The third-order valence-corrected chi connectivity index (χ3v) is 3.62. The van der Waals surface area contributed by atoms with E-state index < -0.39 is 0 Å². The predicted octanol–water partition coefficient (Wildman–Crippen LogP) is 2.27. The lowest BCUT2D eigenvalue weighted by Gasteiger charge is -2.03. The van der Waals surface area contributed by atoms with Gasteiger partial charge in [0.15, 0.2) is 0 Å². The maximum Gasteiger partial charge on any atom is 0.261 e. The zero-order valence-corrected chi connectivity index (χ0v) is 11.2. The lowest BCUT2D eigenvalue weighted by Crippen LogP contribution is -2.22. The first-order valence-corrected chi connectivity index (χ1v) is 6.44. The highest BCUT2D eigenvalue weighted by molar-refractivity contribution is 7.14. The number of carbonyl (C=O) groups excluding carboxylic acids is 1. The fraction of sp³-hybridized carbons (Fsp3) is 0.231. The quantitative estimate of drug-likeness (QED) is 0.890. The largest absolute Gasteiger partial charge is 0.398 e. The van der Waals surface area contributed by atoms with Crippen molar-refractivity contribution in [2.24, 2.45) is 0 Å². The molecule has 0 aromatic carbocycles. The summed E-state index contributed by atoms with van der Waals surface area (Å²) in [5, 5.41) is 2.84. The van der Waals surface area contributed by atoms with Gasteiger partial charge in [0.05, 0.1) is 17.1 Å². The first-order valence-electron chi connectivity index (χ1n) is 5.63. The van der Waals surface area contributed by atoms with Crippen molar-refractivity contribution in [2.75, 3.05) is 5.73 Å². The molecule has 1 amide bonds. The van der Waals surface area contributed by atoms with Crippen molar-refractivity contribution in [3.63, 3.8) is 0 Å². The van der Waals surface area contributed by atoms with E-state index in [-0.39, 0.29) is 5.91 Å². The summed E-state index contributed by atoms with van der Waals surface area (Å²) in [6.45, 7) is 4.25. The molecule has 2 aromatic rings. The van der Waals surface area contributed by atoms with Crippen LogP contribution in [0.4, 0.5) is 5.69 Å². The molecule has 0 atom stereocenters. The summed E-state index contributed by atoms with van der Waals surface area (Å²) < 4.78 is 0. The van der Waals surface area contributed by atoms with Crippen LogP contribution in [0.25, 0.3) is 0 Å². The Kier molecular flexibility index (Phi) is 3.62. The monoisotopic (exact) mass is 261 g/mol. The maximum atomic E-state index is 11.9. The van der Waals surface area contributed by atoms with Crippen LogP contribution in [0, 0.1) is 13.8 Å². The number of thiophene rings is 1. The van der Waals surface area contributed by atoms with Crippen molar-refractivity contribution in [3.05, 3.63) is 45.4 Å². The van der Waals surface area contributed by atoms with Gasteiger partial charge in [0.25, 0.3) is 5.91 Å². The standard InChI is InChI=1S/C13H15N3OS/c1-8-4-3-5-10(16-8)7-15-13(17)12-6-11(14)9(2)18-12/h3-6H,7,14H2,1-2H3,(H,15,17). The molecule has 0 saturated heterocycles. The van der Waals surface area contributed by atoms with E-state index in [9.17, 15) is 4.79 Å². The Hall–Kier alpha value is -1.88. The Balaban J connectivity index is 2.00. The lowest BCUT2D eigenvalue weighted by atomic mass is 10.3. The van der Waals surface area contributed by atoms with Gasteiger partial charge in [-0.25, -0.2) is 0 Å². The number of hydrogen-bond donors (Lipinski definition) is 2. The highest BCUT2D eigenvalue weighted by Gasteiger charge is 2.10. The molecule has 0 spiro atoms. The minimum Gasteiger partial charge on any atom is -0.398 e. The third-order valence-electron chi connectivity index (χ3n) is 2.56. The zero-order chi connectivity index (χ0) is 13.1. The summed E-state index contributed by atoms with van der Waals surface area (Å²) >= 11 is 1.40. The Morgan fingerprint density at radius 3 is 2.83 bits per heavy atom. The van der Waals surface area contributed by atoms with Crippen LogP contribution in [-0.4, -0.2) is 10.9 Å². The number of anilines is 1. The number of nitrogens with zero attached hydrogens (tertiary/aromatic N) is 1. The number of nitrogen functional groups attached to an aromatic ring is 1.